The molecule has 0 aliphatic carbocycles. The number of rotatable bonds is 5. The molecule has 0 bridgehead atoms. The van der Waals surface area contributed by atoms with Gasteiger partial charge in [0.25, 0.3) is 0 Å². The summed E-state index contributed by atoms with van der Waals surface area (Å²) in [6, 6.07) is 17.1. The highest BCUT2D eigenvalue weighted by Crippen LogP contribution is 2.24. The number of aromatic nitrogens is 4. The van der Waals surface area contributed by atoms with Crippen LogP contribution in [-0.2, 0) is 0 Å². The molecule has 3 heterocycles. The summed E-state index contributed by atoms with van der Waals surface area (Å²) in [6.45, 7) is 3.56. The van der Waals surface area contributed by atoms with Crippen molar-refractivity contribution in [2.45, 2.75) is 25.8 Å². The highest BCUT2D eigenvalue weighted by molar-refractivity contribution is 5.89. The molecule has 4 aromatic rings. The van der Waals surface area contributed by atoms with E-state index in [0.29, 0.717) is 24.1 Å². The van der Waals surface area contributed by atoms with Crippen LogP contribution < -0.4 is 16.4 Å². The van der Waals surface area contributed by atoms with Crippen LogP contribution >= 0.6 is 0 Å². The maximum atomic E-state index is 12.8. The Labute approximate surface area is 198 Å². The van der Waals surface area contributed by atoms with Gasteiger partial charge in [-0.2, -0.15) is 4.98 Å². The van der Waals surface area contributed by atoms with Crippen LogP contribution in [-0.4, -0.2) is 49.6 Å². The molecule has 9 nitrogen and oxygen atoms in total. The molecule has 0 radical (unpaired) electrons. The Balaban J connectivity index is 1.26. The summed E-state index contributed by atoms with van der Waals surface area (Å²) in [5, 5.41) is 6.43. The van der Waals surface area contributed by atoms with Gasteiger partial charge in [-0.05, 0) is 62.1 Å². The summed E-state index contributed by atoms with van der Waals surface area (Å²) in [4.78, 5) is 28.2. The second-order valence-electron chi connectivity index (χ2n) is 8.68. The first-order valence-electron chi connectivity index (χ1n) is 11.5. The minimum Gasteiger partial charge on any atom is -0.399 e. The summed E-state index contributed by atoms with van der Waals surface area (Å²) in [5.74, 6) is 1.57. The molecular weight excluding hydrogens is 428 g/mol. The molecule has 1 aliphatic heterocycles. The second-order valence-corrected chi connectivity index (χ2v) is 8.68. The molecule has 2 aromatic carbocycles. The Morgan fingerprint density at radius 2 is 2.00 bits per heavy atom. The number of amides is 2. The fraction of sp³-hybridized carbons (Fsp3) is 0.280. The molecule has 2 aromatic heterocycles. The van der Waals surface area contributed by atoms with Crippen LogP contribution in [0.5, 0.6) is 0 Å². The number of nitrogens with zero attached hydrogens (tertiary/aromatic N) is 5. The summed E-state index contributed by atoms with van der Waals surface area (Å²) in [7, 11) is 0. The molecule has 9 heteroatoms. The lowest BCUT2D eigenvalue weighted by molar-refractivity contribution is 0.172. The molecule has 1 saturated heterocycles. The van der Waals surface area contributed by atoms with Gasteiger partial charge >= 0.3 is 6.03 Å². The number of piperidine rings is 1. The third-order valence-corrected chi connectivity index (χ3v) is 6.29. The molecule has 0 spiro atoms. The summed E-state index contributed by atoms with van der Waals surface area (Å²) in [6.07, 6.45) is 5.48. The molecule has 4 N–H and O–H groups in total. The number of carbonyl (C=O) groups excluding carboxylic acids is 1. The van der Waals surface area contributed by atoms with Crippen molar-refractivity contribution in [3.05, 3.63) is 67.1 Å². The molecule has 1 fully saturated rings. The molecule has 2 amide bonds. The number of hydrogen-bond donors (Lipinski definition) is 3. The molecule has 0 saturated carbocycles. The third-order valence-electron chi connectivity index (χ3n) is 6.29. The van der Waals surface area contributed by atoms with Gasteiger partial charge in [-0.25, -0.2) is 14.8 Å². The predicted molar refractivity (Wildman–Crippen MR) is 134 cm³/mol. The number of urea groups is 1. The number of nitrogens with two attached hydrogens (primary N) is 1. The van der Waals surface area contributed by atoms with Crippen molar-refractivity contribution in [3.63, 3.8) is 0 Å². The normalized spacial score (nSPS) is 16.9. The summed E-state index contributed by atoms with van der Waals surface area (Å²) >= 11 is 0. The third kappa shape index (κ3) is 4.63. The molecule has 1 aliphatic rings. The predicted octanol–water partition coefficient (Wildman–Crippen LogP) is 4.14. The summed E-state index contributed by atoms with van der Waals surface area (Å²) < 4.78 is 1.92. The number of likely N-dealkylation sites (tertiary alicyclic amines) is 1. The van der Waals surface area contributed by atoms with E-state index >= 15 is 0 Å². The van der Waals surface area contributed by atoms with E-state index in [2.05, 4.69) is 27.5 Å². The smallest absolute Gasteiger partial charge is 0.321 e. The molecule has 5 rings (SSSR count). The molecule has 34 heavy (non-hydrogen) atoms. The number of para-hydroxylation sites is 1. The maximum Gasteiger partial charge on any atom is 0.321 e. The van der Waals surface area contributed by atoms with Crippen LogP contribution in [0.4, 0.5) is 22.1 Å². The Morgan fingerprint density at radius 1 is 1.15 bits per heavy atom. The van der Waals surface area contributed by atoms with Gasteiger partial charge in [0.15, 0.2) is 0 Å². The fourth-order valence-corrected chi connectivity index (χ4v) is 4.41. The Kier molecular flexibility index (Phi) is 5.99. The van der Waals surface area contributed by atoms with Crippen LogP contribution in [0.15, 0.2) is 67.1 Å². The lowest BCUT2D eigenvalue weighted by Gasteiger charge is -2.36. The van der Waals surface area contributed by atoms with Crippen molar-refractivity contribution in [3.8, 4) is 5.82 Å². The number of benzene rings is 2. The molecule has 174 valence electrons. The standard InChI is InChI=1S/C25H28N8O/c1-17(18-6-5-13-32(15-18)25(34)30-20-7-3-2-4-8-20)29-24-27-12-11-23(31-24)33-16-28-21-14-19(26)9-10-22(21)33/h2-4,7-12,14,16-18H,5-6,13,15,26H2,1H3,(H,30,34)(H,27,29,31). The van der Waals surface area contributed by atoms with Crippen molar-refractivity contribution in [1.82, 2.24) is 24.4 Å². The highest BCUT2D eigenvalue weighted by Gasteiger charge is 2.28. The van der Waals surface area contributed by atoms with Gasteiger partial charge in [0.1, 0.15) is 12.1 Å². The van der Waals surface area contributed by atoms with E-state index < -0.39 is 0 Å². The van der Waals surface area contributed by atoms with Gasteiger partial charge in [-0.3, -0.25) is 4.57 Å². The van der Waals surface area contributed by atoms with Crippen LogP contribution in [0, 0.1) is 5.92 Å². The van der Waals surface area contributed by atoms with Crippen molar-refractivity contribution in [2.24, 2.45) is 5.92 Å². The lowest BCUT2D eigenvalue weighted by atomic mass is 9.92. The number of hydrogen-bond acceptors (Lipinski definition) is 6. The van der Waals surface area contributed by atoms with E-state index in [-0.39, 0.29) is 12.1 Å². The van der Waals surface area contributed by atoms with Crippen molar-refractivity contribution in [1.29, 1.82) is 0 Å². The first-order valence-corrected chi connectivity index (χ1v) is 11.5. The van der Waals surface area contributed by atoms with Gasteiger partial charge in [-0.1, -0.05) is 18.2 Å². The zero-order chi connectivity index (χ0) is 23.5. The van der Waals surface area contributed by atoms with Crippen LogP contribution in [0.1, 0.15) is 19.8 Å². The maximum absolute atomic E-state index is 12.8. The average Bonchev–Trinajstić information content (AvgIpc) is 3.28. The fourth-order valence-electron chi connectivity index (χ4n) is 4.41. The lowest BCUT2D eigenvalue weighted by Crippen LogP contribution is -2.46. The Hall–Kier alpha value is -4.14. The Bertz CT molecular complexity index is 1290. The van der Waals surface area contributed by atoms with Crippen LogP contribution in [0.3, 0.4) is 0 Å². The zero-order valence-electron chi connectivity index (χ0n) is 19.1. The minimum absolute atomic E-state index is 0.0611. The number of carbonyl (C=O) groups is 1. The Morgan fingerprint density at radius 3 is 2.85 bits per heavy atom. The minimum atomic E-state index is -0.0611. The van der Waals surface area contributed by atoms with E-state index in [1.54, 1.807) is 12.5 Å². The van der Waals surface area contributed by atoms with Gasteiger partial charge in [-0.15, -0.1) is 0 Å². The number of anilines is 3. The van der Waals surface area contributed by atoms with Gasteiger partial charge in [0, 0.05) is 36.7 Å². The SMILES string of the molecule is CC(Nc1nccc(-n2cnc3cc(N)ccc32)n1)C1CCCN(C(=O)Nc2ccccc2)C1. The second kappa shape index (κ2) is 9.38. The largest absolute Gasteiger partial charge is 0.399 e. The highest BCUT2D eigenvalue weighted by atomic mass is 16.2. The topological polar surface area (TPSA) is 114 Å². The molecular formula is C25H28N8O. The van der Waals surface area contributed by atoms with Gasteiger partial charge in [0.2, 0.25) is 5.95 Å². The first kappa shape index (κ1) is 21.7. The summed E-state index contributed by atoms with van der Waals surface area (Å²) in [5.41, 5.74) is 9.10. The number of imidazole rings is 1. The number of fused-ring (bicyclic) bond motifs is 1. The van der Waals surface area contributed by atoms with Crippen LogP contribution in [0.2, 0.25) is 0 Å². The van der Waals surface area contributed by atoms with E-state index in [9.17, 15) is 4.79 Å². The van der Waals surface area contributed by atoms with Crippen molar-refractivity contribution < 1.29 is 4.79 Å². The molecule has 2 unspecified atom stereocenters. The van der Waals surface area contributed by atoms with Crippen molar-refractivity contribution in [2.75, 3.05) is 29.5 Å². The van der Waals surface area contributed by atoms with E-state index in [1.807, 2.05) is 64.1 Å². The van der Waals surface area contributed by atoms with Gasteiger partial charge in [0.05, 0.1) is 11.0 Å². The average molecular weight is 457 g/mol. The monoisotopic (exact) mass is 456 g/mol. The van der Waals surface area contributed by atoms with E-state index in [0.717, 1.165) is 41.9 Å². The van der Waals surface area contributed by atoms with E-state index in [1.165, 1.54) is 0 Å². The van der Waals surface area contributed by atoms with Crippen LogP contribution in [0.25, 0.3) is 16.9 Å². The van der Waals surface area contributed by atoms with E-state index in [4.69, 9.17) is 10.7 Å². The first-order chi connectivity index (χ1) is 16.6. The number of nitrogens with one attached hydrogen (secondary N) is 2. The van der Waals surface area contributed by atoms with Gasteiger partial charge < -0.3 is 21.3 Å². The van der Waals surface area contributed by atoms with Crippen molar-refractivity contribution >= 4 is 34.4 Å². The quantitative estimate of drug-likeness (QED) is 0.389. The number of nitrogen functional groups attached to an aromatic ring is 1. The molecule has 2 atom stereocenters. The zero-order valence-corrected chi connectivity index (χ0v) is 19.1.